The van der Waals surface area contributed by atoms with Gasteiger partial charge in [0.25, 0.3) is 0 Å². The monoisotopic (exact) mass is 273 g/mol. The van der Waals surface area contributed by atoms with Gasteiger partial charge in [-0.3, -0.25) is 4.79 Å². The number of rotatable bonds is 1. The summed E-state index contributed by atoms with van der Waals surface area (Å²) in [6, 6.07) is 0.169. The van der Waals surface area contributed by atoms with Gasteiger partial charge in [-0.25, -0.2) is 8.78 Å². The Hall–Kier alpha value is -1.37. The minimum atomic E-state index is -5.09. The lowest BCUT2D eigenvalue weighted by molar-refractivity contribution is -0.137. The lowest BCUT2D eigenvalue weighted by Crippen LogP contribution is -2.17. The molecule has 0 saturated carbocycles. The Morgan fingerprint density at radius 1 is 1.29 bits per heavy atom. The molecule has 1 rings (SSSR count). The second-order valence-corrected chi connectivity index (χ2v) is 3.46. The summed E-state index contributed by atoms with van der Waals surface area (Å²) >= 11 is 5.13. The number of carbonyl (C=O) groups excluding carboxylic acids is 1. The standard InChI is InChI=1S/C9H5ClF5NO/c1-3(17)16-8-5(12)2-4(11)7(10)6(8)9(13,14)15/h2H,1H3,(H,16,17). The average molecular weight is 274 g/mol. The van der Waals surface area contributed by atoms with Crippen LogP contribution in [0, 0.1) is 11.6 Å². The summed E-state index contributed by atoms with van der Waals surface area (Å²) in [4.78, 5) is 10.7. The molecular formula is C9H5ClF5NO. The molecule has 0 radical (unpaired) electrons. The highest BCUT2D eigenvalue weighted by Gasteiger charge is 2.39. The van der Waals surface area contributed by atoms with Gasteiger partial charge >= 0.3 is 6.18 Å². The van der Waals surface area contributed by atoms with Crippen molar-refractivity contribution in [2.45, 2.75) is 13.1 Å². The van der Waals surface area contributed by atoms with Gasteiger partial charge in [-0.15, -0.1) is 0 Å². The Labute approximate surface area is 97.4 Å². The van der Waals surface area contributed by atoms with Crippen LogP contribution in [0.1, 0.15) is 12.5 Å². The van der Waals surface area contributed by atoms with Gasteiger partial charge in [0, 0.05) is 13.0 Å². The van der Waals surface area contributed by atoms with Gasteiger partial charge in [0.05, 0.1) is 10.7 Å². The first-order valence-corrected chi connectivity index (χ1v) is 4.54. The van der Waals surface area contributed by atoms with Crippen molar-refractivity contribution >= 4 is 23.2 Å². The summed E-state index contributed by atoms with van der Waals surface area (Å²) in [6.07, 6.45) is -5.09. The first-order chi connectivity index (χ1) is 7.64. The first-order valence-electron chi connectivity index (χ1n) is 4.17. The minimum absolute atomic E-state index is 0.169. The van der Waals surface area contributed by atoms with Gasteiger partial charge in [0.2, 0.25) is 5.91 Å². The van der Waals surface area contributed by atoms with Crippen LogP contribution in [-0.2, 0) is 11.0 Å². The van der Waals surface area contributed by atoms with Crippen molar-refractivity contribution in [1.82, 2.24) is 0 Å². The molecule has 94 valence electrons. The maximum absolute atomic E-state index is 13.2. The van der Waals surface area contributed by atoms with Gasteiger partial charge < -0.3 is 5.32 Å². The van der Waals surface area contributed by atoms with E-state index in [9.17, 15) is 26.7 Å². The zero-order valence-electron chi connectivity index (χ0n) is 8.25. The first kappa shape index (κ1) is 13.7. The van der Waals surface area contributed by atoms with Crippen LogP contribution >= 0.6 is 11.6 Å². The molecule has 1 aromatic carbocycles. The average Bonchev–Trinajstić information content (AvgIpc) is 2.11. The SMILES string of the molecule is CC(=O)Nc1c(F)cc(F)c(Cl)c1C(F)(F)F. The molecular weight excluding hydrogens is 269 g/mol. The van der Waals surface area contributed by atoms with Crippen LogP contribution < -0.4 is 5.32 Å². The molecule has 8 heteroatoms. The third-order valence-electron chi connectivity index (χ3n) is 1.76. The van der Waals surface area contributed by atoms with E-state index in [4.69, 9.17) is 11.6 Å². The molecule has 0 aromatic heterocycles. The van der Waals surface area contributed by atoms with Crippen LogP contribution in [0.25, 0.3) is 0 Å². The highest BCUT2D eigenvalue weighted by molar-refractivity contribution is 6.32. The van der Waals surface area contributed by atoms with Crippen LogP contribution in [0.4, 0.5) is 27.6 Å². The maximum atomic E-state index is 13.2. The van der Waals surface area contributed by atoms with E-state index < -0.39 is 40.0 Å². The summed E-state index contributed by atoms with van der Waals surface area (Å²) in [6.45, 7) is 0.886. The molecule has 2 nitrogen and oxygen atoms in total. The van der Waals surface area contributed by atoms with E-state index in [1.807, 2.05) is 0 Å². The normalized spacial score (nSPS) is 11.5. The van der Waals surface area contributed by atoms with Crippen LogP contribution in [0.5, 0.6) is 0 Å². The van der Waals surface area contributed by atoms with Crippen molar-refractivity contribution in [3.8, 4) is 0 Å². The Balaban J connectivity index is 3.56. The van der Waals surface area contributed by atoms with E-state index in [0.717, 1.165) is 6.92 Å². The molecule has 0 aliphatic carbocycles. The third kappa shape index (κ3) is 2.85. The Morgan fingerprint density at radius 3 is 2.24 bits per heavy atom. The van der Waals surface area contributed by atoms with Crippen molar-refractivity contribution in [3.63, 3.8) is 0 Å². The Kier molecular flexibility index (Phi) is 3.61. The lowest BCUT2D eigenvalue weighted by atomic mass is 10.1. The van der Waals surface area contributed by atoms with Gasteiger partial charge in [0.1, 0.15) is 17.2 Å². The predicted molar refractivity (Wildman–Crippen MR) is 50.7 cm³/mol. The zero-order valence-corrected chi connectivity index (χ0v) is 9.01. The molecule has 1 amide bonds. The fraction of sp³-hybridized carbons (Fsp3) is 0.222. The molecule has 0 spiro atoms. The number of carbonyl (C=O) groups is 1. The zero-order chi connectivity index (χ0) is 13.4. The summed E-state index contributed by atoms with van der Waals surface area (Å²) in [5.74, 6) is -4.03. The molecule has 0 bridgehead atoms. The van der Waals surface area contributed by atoms with Crippen LogP contribution in [0.3, 0.4) is 0 Å². The highest BCUT2D eigenvalue weighted by Crippen LogP contribution is 2.42. The van der Waals surface area contributed by atoms with Crippen molar-refractivity contribution in [1.29, 1.82) is 0 Å². The lowest BCUT2D eigenvalue weighted by Gasteiger charge is -2.15. The highest BCUT2D eigenvalue weighted by atomic mass is 35.5. The smallest absolute Gasteiger partial charge is 0.323 e. The van der Waals surface area contributed by atoms with Crippen molar-refractivity contribution in [2.75, 3.05) is 5.32 Å². The topological polar surface area (TPSA) is 29.1 Å². The number of amides is 1. The van der Waals surface area contributed by atoms with Gasteiger partial charge in [-0.1, -0.05) is 11.6 Å². The molecule has 17 heavy (non-hydrogen) atoms. The molecule has 0 heterocycles. The number of alkyl halides is 3. The molecule has 0 unspecified atom stereocenters. The van der Waals surface area contributed by atoms with E-state index in [-0.39, 0.29) is 6.07 Å². The quantitative estimate of drug-likeness (QED) is 0.615. The van der Waals surface area contributed by atoms with Crippen LogP contribution in [0.2, 0.25) is 5.02 Å². The van der Waals surface area contributed by atoms with E-state index in [1.54, 1.807) is 5.32 Å². The number of hydrogen-bond acceptors (Lipinski definition) is 1. The Bertz CT molecular complexity index is 471. The summed E-state index contributed by atoms with van der Waals surface area (Å²) < 4.78 is 63.7. The molecule has 0 saturated heterocycles. The fourth-order valence-corrected chi connectivity index (χ4v) is 1.42. The molecule has 0 atom stereocenters. The largest absolute Gasteiger partial charge is 0.420 e. The van der Waals surface area contributed by atoms with E-state index in [0.29, 0.717) is 0 Å². The predicted octanol–water partition coefficient (Wildman–Crippen LogP) is 3.60. The van der Waals surface area contributed by atoms with E-state index >= 15 is 0 Å². The van der Waals surface area contributed by atoms with E-state index in [1.165, 1.54) is 0 Å². The maximum Gasteiger partial charge on any atom is 0.420 e. The second-order valence-electron chi connectivity index (χ2n) is 3.08. The summed E-state index contributed by atoms with van der Waals surface area (Å²) in [5, 5.41) is 0.342. The van der Waals surface area contributed by atoms with Crippen LogP contribution in [0.15, 0.2) is 6.07 Å². The number of benzene rings is 1. The summed E-state index contributed by atoms with van der Waals surface area (Å²) in [7, 11) is 0. The molecule has 0 aliphatic rings. The van der Waals surface area contributed by atoms with E-state index in [2.05, 4.69) is 0 Å². The molecule has 0 aliphatic heterocycles. The third-order valence-corrected chi connectivity index (χ3v) is 2.13. The number of halogens is 6. The number of anilines is 1. The molecule has 1 N–H and O–H groups in total. The molecule has 1 aromatic rings. The van der Waals surface area contributed by atoms with Gasteiger partial charge in [-0.2, -0.15) is 13.2 Å². The second kappa shape index (κ2) is 4.48. The number of nitrogens with one attached hydrogen (secondary N) is 1. The van der Waals surface area contributed by atoms with Crippen molar-refractivity contribution in [2.24, 2.45) is 0 Å². The number of hydrogen-bond donors (Lipinski definition) is 1. The fourth-order valence-electron chi connectivity index (χ4n) is 1.16. The van der Waals surface area contributed by atoms with Crippen molar-refractivity contribution < 1.29 is 26.7 Å². The summed E-state index contributed by atoms with van der Waals surface area (Å²) in [5.41, 5.74) is -2.93. The van der Waals surface area contributed by atoms with Gasteiger partial charge in [0.15, 0.2) is 0 Å². The van der Waals surface area contributed by atoms with Crippen LogP contribution in [-0.4, -0.2) is 5.91 Å². The van der Waals surface area contributed by atoms with Gasteiger partial charge in [-0.05, 0) is 0 Å². The van der Waals surface area contributed by atoms with Crippen molar-refractivity contribution in [3.05, 3.63) is 28.3 Å². The molecule has 0 fully saturated rings. The Morgan fingerprint density at radius 2 is 1.82 bits per heavy atom. The minimum Gasteiger partial charge on any atom is -0.323 e.